The lowest BCUT2D eigenvalue weighted by atomic mass is 9.93. The molecule has 2 atom stereocenters. The molecular weight excluding hydrogens is 242 g/mol. The third-order valence-electron chi connectivity index (χ3n) is 4.52. The third kappa shape index (κ3) is 3.27. The van der Waals surface area contributed by atoms with Crippen molar-refractivity contribution >= 4 is 5.97 Å². The highest BCUT2D eigenvalue weighted by atomic mass is 16.5. The van der Waals surface area contributed by atoms with Gasteiger partial charge in [-0.1, -0.05) is 0 Å². The largest absolute Gasteiger partial charge is 0.468 e. The van der Waals surface area contributed by atoms with E-state index >= 15 is 0 Å². The molecule has 1 saturated heterocycles. The Balaban J connectivity index is 2.06. The number of ether oxygens (including phenoxy) is 1. The highest BCUT2D eigenvalue weighted by Gasteiger charge is 2.50. The topological polar surface area (TPSA) is 58.8 Å². The van der Waals surface area contributed by atoms with Gasteiger partial charge < -0.3 is 15.4 Å². The fraction of sp³-hybridized carbons (Fsp3) is 0.929. The highest BCUT2D eigenvalue weighted by molar-refractivity contribution is 5.81. The summed E-state index contributed by atoms with van der Waals surface area (Å²) in [7, 11) is 3.59. The van der Waals surface area contributed by atoms with E-state index in [0.717, 1.165) is 38.9 Å². The van der Waals surface area contributed by atoms with Gasteiger partial charge in [0.15, 0.2) is 0 Å². The summed E-state index contributed by atoms with van der Waals surface area (Å²) in [6.07, 6.45) is 3.23. The Bertz CT molecular complexity index is 333. The minimum atomic E-state index is -0.814. The fourth-order valence-electron chi connectivity index (χ4n) is 3.14. The second-order valence-corrected chi connectivity index (χ2v) is 6.24. The number of methoxy groups -OCH3 is 1. The van der Waals surface area contributed by atoms with Gasteiger partial charge in [0.1, 0.15) is 5.54 Å². The number of esters is 1. The van der Waals surface area contributed by atoms with Crippen LogP contribution in [0.2, 0.25) is 0 Å². The van der Waals surface area contributed by atoms with Gasteiger partial charge in [0.25, 0.3) is 0 Å². The molecule has 0 aromatic rings. The summed E-state index contributed by atoms with van der Waals surface area (Å²) >= 11 is 0. The Labute approximate surface area is 116 Å². The van der Waals surface area contributed by atoms with Crippen LogP contribution >= 0.6 is 0 Å². The van der Waals surface area contributed by atoms with Gasteiger partial charge in [-0.05, 0) is 52.2 Å². The molecule has 0 radical (unpaired) electrons. The normalized spacial score (nSPS) is 29.6. The van der Waals surface area contributed by atoms with Crippen molar-refractivity contribution in [3.05, 3.63) is 0 Å². The second kappa shape index (κ2) is 5.77. The van der Waals surface area contributed by atoms with Gasteiger partial charge in [0.05, 0.1) is 7.11 Å². The van der Waals surface area contributed by atoms with E-state index < -0.39 is 5.54 Å². The van der Waals surface area contributed by atoms with E-state index in [1.54, 1.807) is 0 Å². The molecule has 2 fully saturated rings. The number of hydrogen-bond donors (Lipinski definition) is 1. The van der Waals surface area contributed by atoms with Gasteiger partial charge >= 0.3 is 5.97 Å². The number of carbonyl (C=O) groups excluding carboxylic acids is 1. The van der Waals surface area contributed by atoms with Crippen molar-refractivity contribution in [2.75, 3.05) is 40.3 Å². The molecule has 0 aromatic carbocycles. The van der Waals surface area contributed by atoms with Crippen LogP contribution < -0.4 is 5.73 Å². The van der Waals surface area contributed by atoms with Crippen molar-refractivity contribution in [2.24, 2.45) is 11.7 Å². The van der Waals surface area contributed by atoms with E-state index in [2.05, 4.69) is 23.8 Å². The quantitative estimate of drug-likeness (QED) is 0.744. The molecule has 1 aliphatic heterocycles. The summed E-state index contributed by atoms with van der Waals surface area (Å²) in [6, 6.07) is 0.429. The Hall–Kier alpha value is -0.650. The molecule has 1 aliphatic carbocycles. The van der Waals surface area contributed by atoms with Crippen LogP contribution in [0.25, 0.3) is 0 Å². The van der Waals surface area contributed by atoms with Crippen molar-refractivity contribution in [2.45, 2.75) is 37.8 Å². The molecule has 2 unspecified atom stereocenters. The van der Waals surface area contributed by atoms with E-state index in [-0.39, 0.29) is 5.97 Å². The first-order chi connectivity index (χ1) is 8.97. The Morgan fingerprint density at radius 2 is 2.11 bits per heavy atom. The molecular formula is C14H27N3O2. The van der Waals surface area contributed by atoms with Crippen LogP contribution in [-0.4, -0.2) is 67.7 Å². The Kier molecular flexibility index (Phi) is 4.48. The molecule has 1 heterocycles. The Morgan fingerprint density at radius 1 is 1.42 bits per heavy atom. The van der Waals surface area contributed by atoms with Gasteiger partial charge in [-0.25, -0.2) is 0 Å². The summed E-state index contributed by atoms with van der Waals surface area (Å²) in [5, 5.41) is 0. The molecule has 5 heteroatoms. The molecule has 0 amide bonds. The summed E-state index contributed by atoms with van der Waals surface area (Å²) < 4.78 is 4.94. The smallest absolute Gasteiger partial charge is 0.327 e. The minimum Gasteiger partial charge on any atom is -0.468 e. The number of carbonyl (C=O) groups is 1. The zero-order valence-electron chi connectivity index (χ0n) is 12.4. The minimum absolute atomic E-state index is 0.250. The monoisotopic (exact) mass is 269 g/mol. The van der Waals surface area contributed by atoms with Crippen molar-refractivity contribution in [1.82, 2.24) is 9.80 Å². The second-order valence-electron chi connectivity index (χ2n) is 6.24. The maximum Gasteiger partial charge on any atom is 0.327 e. The predicted octanol–water partition coefficient (Wildman–Crippen LogP) is 0.293. The number of rotatable bonds is 4. The number of likely N-dealkylation sites (N-methyl/N-ethyl adjacent to an activating group) is 1. The predicted molar refractivity (Wildman–Crippen MR) is 74.8 cm³/mol. The SMILES string of the molecule is COC(=O)C(N)(CN1CCCN(C)CC1C)C1CC1. The van der Waals surface area contributed by atoms with Crippen LogP contribution in [0.5, 0.6) is 0 Å². The van der Waals surface area contributed by atoms with Crippen molar-refractivity contribution < 1.29 is 9.53 Å². The molecule has 2 N–H and O–H groups in total. The molecule has 2 rings (SSSR count). The maximum absolute atomic E-state index is 12.1. The molecule has 110 valence electrons. The average molecular weight is 269 g/mol. The standard InChI is InChI=1S/C14H27N3O2/c1-11-9-16(2)7-4-8-17(11)10-14(15,12-5-6-12)13(18)19-3/h11-12H,4-10,15H2,1-3H3. The van der Waals surface area contributed by atoms with E-state index in [4.69, 9.17) is 10.5 Å². The van der Waals surface area contributed by atoms with Crippen molar-refractivity contribution in [3.63, 3.8) is 0 Å². The third-order valence-corrected chi connectivity index (χ3v) is 4.52. The number of nitrogens with zero attached hydrogens (tertiary/aromatic N) is 2. The lowest BCUT2D eigenvalue weighted by Gasteiger charge is -2.36. The van der Waals surface area contributed by atoms with Gasteiger partial charge in [-0.15, -0.1) is 0 Å². The van der Waals surface area contributed by atoms with Crippen LogP contribution in [0.15, 0.2) is 0 Å². The lowest BCUT2D eigenvalue weighted by Crippen LogP contribution is -2.60. The van der Waals surface area contributed by atoms with Crippen LogP contribution in [0.1, 0.15) is 26.2 Å². The first-order valence-electron chi connectivity index (χ1n) is 7.27. The molecule has 19 heavy (non-hydrogen) atoms. The van der Waals surface area contributed by atoms with Gasteiger partial charge in [0.2, 0.25) is 0 Å². The summed E-state index contributed by atoms with van der Waals surface area (Å²) in [6.45, 7) is 5.99. The number of hydrogen-bond acceptors (Lipinski definition) is 5. The molecule has 0 bridgehead atoms. The first kappa shape index (κ1) is 14.8. The van der Waals surface area contributed by atoms with E-state index in [1.165, 1.54) is 7.11 Å². The average Bonchev–Trinajstić information content (AvgIpc) is 3.19. The Morgan fingerprint density at radius 3 is 2.68 bits per heavy atom. The van der Waals surface area contributed by atoms with Gasteiger partial charge in [-0.2, -0.15) is 0 Å². The maximum atomic E-state index is 12.1. The van der Waals surface area contributed by atoms with Crippen molar-refractivity contribution in [3.8, 4) is 0 Å². The summed E-state index contributed by atoms with van der Waals surface area (Å²) in [5.41, 5.74) is 5.59. The van der Waals surface area contributed by atoms with E-state index in [1.807, 2.05) is 0 Å². The molecule has 2 aliphatic rings. The number of nitrogens with two attached hydrogens (primary N) is 1. The van der Waals surface area contributed by atoms with Gasteiger partial charge in [0, 0.05) is 19.1 Å². The van der Waals surface area contributed by atoms with E-state index in [9.17, 15) is 4.79 Å². The molecule has 1 saturated carbocycles. The highest BCUT2D eigenvalue weighted by Crippen LogP contribution is 2.39. The fourth-order valence-corrected chi connectivity index (χ4v) is 3.14. The van der Waals surface area contributed by atoms with Crippen molar-refractivity contribution in [1.29, 1.82) is 0 Å². The van der Waals surface area contributed by atoms with Crippen LogP contribution in [0.4, 0.5) is 0 Å². The van der Waals surface area contributed by atoms with Crippen LogP contribution in [0, 0.1) is 5.92 Å². The van der Waals surface area contributed by atoms with Crippen LogP contribution in [-0.2, 0) is 9.53 Å². The first-order valence-corrected chi connectivity index (χ1v) is 7.27. The zero-order valence-corrected chi connectivity index (χ0v) is 12.4. The zero-order chi connectivity index (χ0) is 14.0. The van der Waals surface area contributed by atoms with Gasteiger partial charge in [-0.3, -0.25) is 9.69 Å². The summed E-state index contributed by atoms with van der Waals surface area (Å²) in [5.74, 6) is 0.0490. The summed E-state index contributed by atoms with van der Waals surface area (Å²) in [4.78, 5) is 16.8. The van der Waals surface area contributed by atoms with Crippen LogP contribution in [0.3, 0.4) is 0 Å². The molecule has 0 aromatic heterocycles. The van der Waals surface area contributed by atoms with E-state index in [0.29, 0.717) is 18.5 Å². The molecule has 5 nitrogen and oxygen atoms in total. The molecule has 0 spiro atoms. The lowest BCUT2D eigenvalue weighted by molar-refractivity contribution is -0.149.